The standard InChI is InChI=1S/C22H24N2O7/c1-22(31)9-5-4-6-11(25)13(9)19(28)14-10(22)7-8-12(17(14)26)18(27)15(21(23)30)20(29)16(8)24(2)3/h4-6,8,10,16,25-28,31H,7H2,1-3H3,(H2,23,30)/t8-,10+,16+,22-/m1/s1. The number of nitrogens with zero attached hydrogens (tertiary/aromatic N) is 1. The second-order valence-corrected chi connectivity index (χ2v) is 8.63. The molecule has 0 saturated carbocycles. The molecule has 7 N–H and O–H groups in total. The number of aliphatic hydroxyl groups is 4. The van der Waals surface area contributed by atoms with Gasteiger partial charge in [0.1, 0.15) is 28.6 Å². The van der Waals surface area contributed by atoms with Crippen molar-refractivity contribution in [3.8, 4) is 5.75 Å². The van der Waals surface area contributed by atoms with Gasteiger partial charge in [0, 0.05) is 23.0 Å². The summed E-state index contributed by atoms with van der Waals surface area (Å²) in [5.74, 6) is -5.47. The third-order valence-corrected chi connectivity index (χ3v) is 6.67. The zero-order chi connectivity index (χ0) is 23.0. The van der Waals surface area contributed by atoms with Crippen molar-refractivity contribution in [2.75, 3.05) is 14.1 Å². The molecule has 9 heteroatoms. The number of likely N-dealkylation sites (N-methyl/N-ethyl adjacent to an activating group) is 1. The zero-order valence-electron chi connectivity index (χ0n) is 17.2. The van der Waals surface area contributed by atoms with E-state index in [0.29, 0.717) is 0 Å². The van der Waals surface area contributed by atoms with E-state index in [1.54, 1.807) is 25.1 Å². The van der Waals surface area contributed by atoms with Gasteiger partial charge in [-0.3, -0.25) is 14.5 Å². The maximum atomic E-state index is 13.0. The Morgan fingerprint density at radius 3 is 2.32 bits per heavy atom. The number of nitrogens with two attached hydrogens (primary N) is 1. The van der Waals surface area contributed by atoms with Crippen LogP contribution in [-0.2, 0) is 15.2 Å². The Bertz CT molecular complexity index is 1130. The molecule has 0 spiro atoms. The molecule has 164 valence electrons. The van der Waals surface area contributed by atoms with Gasteiger partial charge in [-0.05, 0) is 39.1 Å². The maximum Gasteiger partial charge on any atom is 0.256 e. The van der Waals surface area contributed by atoms with Crippen molar-refractivity contribution < 1.29 is 35.1 Å². The van der Waals surface area contributed by atoms with E-state index in [9.17, 15) is 35.1 Å². The minimum Gasteiger partial charge on any atom is -0.507 e. The van der Waals surface area contributed by atoms with Crippen LogP contribution in [0.1, 0.15) is 24.5 Å². The predicted molar refractivity (Wildman–Crippen MR) is 110 cm³/mol. The molecule has 0 bridgehead atoms. The van der Waals surface area contributed by atoms with Crippen LogP contribution in [0, 0.1) is 11.8 Å². The molecule has 4 atom stereocenters. The van der Waals surface area contributed by atoms with Crippen molar-refractivity contribution in [1.29, 1.82) is 0 Å². The topological polar surface area (TPSA) is 165 Å². The van der Waals surface area contributed by atoms with Crippen LogP contribution in [0.5, 0.6) is 5.75 Å². The van der Waals surface area contributed by atoms with Gasteiger partial charge in [-0.25, -0.2) is 0 Å². The van der Waals surface area contributed by atoms with Gasteiger partial charge in [-0.15, -0.1) is 0 Å². The maximum absolute atomic E-state index is 13.0. The first-order chi connectivity index (χ1) is 14.4. The van der Waals surface area contributed by atoms with E-state index >= 15 is 0 Å². The number of carbonyl (C=O) groups excluding carboxylic acids is 2. The summed E-state index contributed by atoms with van der Waals surface area (Å²) >= 11 is 0. The fraction of sp³-hybridized carbons (Fsp3) is 0.364. The summed E-state index contributed by atoms with van der Waals surface area (Å²) in [6, 6.07) is 3.51. The molecular weight excluding hydrogens is 404 g/mol. The number of carbonyl (C=O) groups is 2. The largest absolute Gasteiger partial charge is 0.507 e. The average Bonchev–Trinajstić information content (AvgIpc) is 2.65. The van der Waals surface area contributed by atoms with E-state index in [1.165, 1.54) is 19.1 Å². The predicted octanol–water partition coefficient (Wildman–Crippen LogP) is 1.14. The Labute approximate surface area is 178 Å². The Morgan fingerprint density at radius 2 is 1.74 bits per heavy atom. The van der Waals surface area contributed by atoms with Gasteiger partial charge >= 0.3 is 0 Å². The summed E-state index contributed by atoms with van der Waals surface area (Å²) in [5, 5.41) is 54.6. The number of ketones is 1. The Balaban J connectivity index is 2.08. The lowest BCUT2D eigenvalue weighted by Crippen LogP contribution is -2.53. The highest BCUT2D eigenvalue weighted by Crippen LogP contribution is 2.56. The molecule has 0 heterocycles. The monoisotopic (exact) mass is 428 g/mol. The van der Waals surface area contributed by atoms with E-state index in [2.05, 4.69) is 0 Å². The van der Waals surface area contributed by atoms with E-state index < -0.39 is 58.0 Å². The van der Waals surface area contributed by atoms with Crippen molar-refractivity contribution in [3.05, 3.63) is 57.6 Å². The van der Waals surface area contributed by atoms with Gasteiger partial charge in [0.15, 0.2) is 5.78 Å². The van der Waals surface area contributed by atoms with Gasteiger partial charge in [0.2, 0.25) is 0 Å². The first kappa shape index (κ1) is 21.0. The molecule has 3 aliphatic carbocycles. The number of hydrogen-bond acceptors (Lipinski definition) is 8. The van der Waals surface area contributed by atoms with Gasteiger partial charge in [0.05, 0.1) is 17.2 Å². The summed E-state index contributed by atoms with van der Waals surface area (Å²) < 4.78 is 0. The first-order valence-corrected chi connectivity index (χ1v) is 9.77. The summed E-state index contributed by atoms with van der Waals surface area (Å²) in [6.07, 6.45) is 0.0750. The molecule has 1 amide bonds. The quantitative estimate of drug-likeness (QED) is 0.382. The van der Waals surface area contributed by atoms with Crippen LogP contribution in [0.25, 0.3) is 5.76 Å². The highest BCUT2D eigenvalue weighted by Gasteiger charge is 2.55. The Morgan fingerprint density at radius 1 is 1.10 bits per heavy atom. The number of phenolic OH excluding ortho intramolecular Hbond substituents is 1. The normalized spacial score (nSPS) is 30.4. The SMILES string of the molecule is CN(C)[C@@H]1C(=O)C(C(N)=O)=C(O)C2=C(O)C3=C(O)c4c(O)cccc4[C@@](C)(O)[C@H]3C[C@H]21. The number of hydrogen-bond donors (Lipinski definition) is 6. The van der Waals surface area contributed by atoms with Crippen molar-refractivity contribution in [2.45, 2.75) is 25.0 Å². The van der Waals surface area contributed by atoms with Gasteiger partial charge < -0.3 is 31.3 Å². The average molecular weight is 428 g/mol. The molecule has 0 unspecified atom stereocenters. The number of allylic oxidation sites excluding steroid dienone is 2. The number of rotatable bonds is 2. The molecular formula is C22H24N2O7. The fourth-order valence-corrected chi connectivity index (χ4v) is 5.29. The number of amides is 1. The fourth-order valence-electron chi connectivity index (χ4n) is 5.29. The molecule has 31 heavy (non-hydrogen) atoms. The van der Waals surface area contributed by atoms with Crippen molar-refractivity contribution in [3.63, 3.8) is 0 Å². The van der Waals surface area contributed by atoms with E-state index in [4.69, 9.17) is 5.73 Å². The summed E-state index contributed by atoms with van der Waals surface area (Å²) in [4.78, 5) is 26.5. The second kappa shape index (κ2) is 6.60. The van der Waals surface area contributed by atoms with Crippen LogP contribution >= 0.6 is 0 Å². The first-order valence-electron chi connectivity index (χ1n) is 9.77. The number of aromatic hydroxyl groups is 1. The third-order valence-electron chi connectivity index (χ3n) is 6.67. The second-order valence-electron chi connectivity index (χ2n) is 8.63. The molecule has 0 saturated heterocycles. The van der Waals surface area contributed by atoms with Crippen LogP contribution in [0.2, 0.25) is 0 Å². The van der Waals surface area contributed by atoms with Crippen molar-refractivity contribution in [1.82, 2.24) is 4.90 Å². The molecule has 1 aromatic rings. The number of fused-ring (bicyclic) bond motifs is 3. The van der Waals surface area contributed by atoms with E-state index in [0.717, 1.165) is 0 Å². The minimum atomic E-state index is -1.61. The van der Waals surface area contributed by atoms with Crippen LogP contribution in [0.4, 0.5) is 0 Å². The summed E-state index contributed by atoms with van der Waals surface area (Å²) in [6.45, 7) is 1.50. The van der Waals surface area contributed by atoms with Crippen LogP contribution < -0.4 is 5.73 Å². The third kappa shape index (κ3) is 2.63. The molecule has 0 aromatic heterocycles. The number of benzene rings is 1. The molecule has 9 nitrogen and oxygen atoms in total. The van der Waals surface area contributed by atoms with Crippen LogP contribution in [0.15, 0.2) is 46.4 Å². The minimum absolute atomic E-state index is 0.0287. The highest BCUT2D eigenvalue weighted by atomic mass is 16.3. The van der Waals surface area contributed by atoms with Gasteiger partial charge in [0.25, 0.3) is 5.91 Å². The lowest BCUT2D eigenvalue weighted by Gasteiger charge is -2.48. The van der Waals surface area contributed by atoms with Gasteiger partial charge in [-0.2, -0.15) is 0 Å². The number of primary amides is 1. The molecule has 3 aliphatic rings. The molecule has 0 radical (unpaired) electrons. The van der Waals surface area contributed by atoms with E-state index in [1.807, 2.05) is 0 Å². The van der Waals surface area contributed by atoms with Crippen LogP contribution in [0.3, 0.4) is 0 Å². The van der Waals surface area contributed by atoms with Crippen molar-refractivity contribution >= 4 is 17.4 Å². The Kier molecular flexibility index (Phi) is 4.46. The highest BCUT2D eigenvalue weighted by molar-refractivity contribution is 6.22. The summed E-state index contributed by atoms with van der Waals surface area (Å²) in [5.41, 5.74) is 3.16. The number of phenols is 1. The summed E-state index contributed by atoms with van der Waals surface area (Å²) in [7, 11) is 3.24. The molecule has 1 aromatic carbocycles. The van der Waals surface area contributed by atoms with E-state index in [-0.39, 0.29) is 34.4 Å². The number of Topliss-reactive ketones (excluding diaryl/α,β-unsaturated/α-hetero) is 1. The number of aliphatic hydroxyl groups excluding tert-OH is 3. The Hall–Kier alpha value is -3.30. The smallest absolute Gasteiger partial charge is 0.256 e. The molecule has 0 aliphatic heterocycles. The van der Waals surface area contributed by atoms with Crippen LogP contribution in [-0.4, -0.2) is 62.3 Å². The lowest BCUT2D eigenvalue weighted by atomic mass is 9.60. The zero-order valence-corrected chi connectivity index (χ0v) is 17.2. The van der Waals surface area contributed by atoms with Gasteiger partial charge in [-0.1, -0.05) is 12.1 Å². The molecule has 0 fully saturated rings. The molecule has 4 rings (SSSR count). The van der Waals surface area contributed by atoms with Crippen molar-refractivity contribution in [2.24, 2.45) is 17.6 Å². The lowest BCUT2D eigenvalue weighted by molar-refractivity contribution is -0.126.